The maximum Gasteiger partial charge on any atom is 0.407 e. The standard InChI is InChI=1S/C19H22N4O6/c24-19(25)23-7-5-22(6-8-23)17-18(21-4-3-20-17)29-12-9-26-14-1-2-15-16(13-14)28-11-10-27-15/h1-4,13H,5-12H2,(H,24,25). The van der Waals surface area contributed by atoms with E-state index in [0.717, 1.165) is 0 Å². The van der Waals surface area contributed by atoms with Gasteiger partial charge in [0.05, 0.1) is 0 Å². The number of amides is 1. The summed E-state index contributed by atoms with van der Waals surface area (Å²) >= 11 is 0. The van der Waals surface area contributed by atoms with Crippen molar-refractivity contribution < 1.29 is 28.8 Å². The van der Waals surface area contributed by atoms with Crippen LogP contribution in [0.15, 0.2) is 30.6 Å². The minimum absolute atomic E-state index is 0.287. The van der Waals surface area contributed by atoms with Crippen LogP contribution in [0.1, 0.15) is 0 Å². The molecule has 1 aromatic heterocycles. The highest BCUT2D eigenvalue weighted by Crippen LogP contribution is 2.33. The fourth-order valence-electron chi connectivity index (χ4n) is 3.16. The van der Waals surface area contributed by atoms with Gasteiger partial charge in [-0.25, -0.2) is 14.8 Å². The molecule has 1 fully saturated rings. The topological polar surface area (TPSA) is 106 Å². The Hall–Kier alpha value is -3.43. The second kappa shape index (κ2) is 8.72. The van der Waals surface area contributed by atoms with Gasteiger partial charge in [-0.3, -0.25) is 0 Å². The normalized spacial score (nSPS) is 15.7. The number of aromatic nitrogens is 2. The van der Waals surface area contributed by atoms with Gasteiger partial charge in [-0.15, -0.1) is 0 Å². The first-order valence-electron chi connectivity index (χ1n) is 9.40. The molecular weight excluding hydrogens is 380 g/mol. The maximum atomic E-state index is 11.1. The lowest BCUT2D eigenvalue weighted by molar-refractivity contribution is 0.142. The SMILES string of the molecule is O=C(O)N1CCN(c2nccnc2OCCOc2ccc3c(c2)OCCO3)CC1. The van der Waals surface area contributed by atoms with Crippen molar-refractivity contribution in [2.24, 2.45) is 0 Å². The van der Waals surface area contributed by atoms with Crippen LogP contribution in [0.5, 0.6) is 23.1 Å². The van der Waals surface area contributed by atoms with E-state index in [1.807, 2.05) is 17.0 Å². The number of ether oxygens (including phenoxy) is 4. The Kier molecular flexibility index (Phi) is 5.68. The molecule has 2 aliphatic rings. The third kappa shape index (κ3) is 4.53. The fraction of sp³-hybridized carbons (Fsp3) is 0.421. The molecule has 0 bridgehead atoms. The number of hydrogen-bond acceptors (Lipinski definition) is 8. The molecule has 0 atom stereocenters. The van der Waals surface area contributed by atoms with Crippen molar-refractivity contribution in [2.45, 2.75) is 0 Å². The summed E-state index contributed by atoms with van der Waals surface area (Å²) in [6.45, 7) is 3.58. The highest BCUT2D eigenvalue weighted by Gasteiger charge is 2.24. The zero-order valence-corrected chi connectivity index (χ0v) is 15.8. The third-order valence-corrected chi connectivity index (χ3v) is 4.60. The summed E-state index contributed by atoms with van der Waals surface area (Å²) in [6.07, 6.45) is 2.25. The minimum Gasteiger partial charge on any atom is -0.490 e. The number of benzene rings is 1. The lowest BCUT2D eigenvalue weighted by Crippen LogP contribution is -2.48. The first-order valence-corrected chi connectivity index (χ1v) is 9.40. The molecule has 2 aromatic rings. The van der Waals surface area contributed by atoms with Crippen molar-refractivity contribution in [2.75, 3.05) is 57.5 Å². The zero-order valence-electron chi connectivity index (χ0n) is 15.8. The van der Waals surface area contributed by atoms with Gasteiger partial charge >= 0.3 is 6.09 Å². The van der Waals surface area contributed by atoms with Crippen LogP contribution < -0.4 is 23.8 Å². The molecular formula is C19H22N4O6. The van der Waals surface area contributed by atoms with Crippen molar-refractivity contribution in [3.63, 3.8) is 0 Å². The number of rotatable bonds is 6. The summed E-state index contributed by atoms with van der Waals surface area (Å²) in [4.78, 5) is 23.0. The highest BCUT2D eigenvalue weighted by molar-refractivity contribution is 5.65. The fourth-order valence-corrected chi connectivity index (χ4v) is 3.16. The average molecular weight is 402 g/mol. The van der Waals surface area contributed by atoms with E-state index < -0.39 is 6.09 Å². The molecule has 0 spiro atoms. The van der Waals surface area contributed by atoms with Crippen molar-refractivity contribution >= 4 is 11.9 Å². The van der Waals surface area contributed by atoms with Crippen LogP contribution in [-0.2, 0) is 0 Å². The Morgan fingerprint density at radius 3 is 2.52 bits per heavy atom. The summed E-state index contributed by atoms with van der Waals surface area (Å²) in [5, 5.41) is 9.08. The number of nitrogens with zero attached hydrogens (tertiary/aromatic N) is 4. The van der Waals surface area contributed by atoms with Crippen molar-refractivity contribution in [3.8, 4) is 23.1 Å². The quantitative estimate of drug-likeness (QED) is 0.720. The molecule has 2 aliphatic heterocycles. The van der Waals surface area contributed by atoms with Gasteiger partial charge in [0.15, 0.2) is 17.3 Å². The molecule has 3 heterocycles. The number of anilines is 1. The first-order chi connectivity index (χ1) is 14.2. The molecule has 1 amide bonds. The predicted octanol–water partition coefficient (Wildman–Crippen LogP) is 1.51. The number of hydrogen-bond donors (Lipinski definition) is 1. The first kappa shape index (κ1) is 18.9. The van der Waals surface area contributed by atoms with Crippen LogP contribution in [0.25, 0.3) is 0 Å². The largest absolute Gasteiger partial charge is 0.490 e. The molecule has 1 aromatic carbocycles. The van der Waals surface area contributed by atoms with Gasteiger partial charge < -0.3 is 33.9 Å². The molecule has 10 heteroatoms. The molecule has 1 N–H and O–H groups in total. The van der Waals surface area contributed by atoms with E-state index in [1.54, 1.807) is 18.5 Å². The lowest BCUT2D eigenvalue weighted by Gasteiger charge is -2.34. The summed E-state index contributed by atoms with van der Waals surface area (Å²) in [6, 6.07) is 5.44. The van der Waals surface area contributed by atoms with Crippen molar-refractivity contribution in [1.82, 2.24) is 14.9 Å². The number of fused-ring (bicyclic) bond motifs is 1. The monoisotopic (exact) mass is 402 g/mol. The lowest BCUT2D eigenvalue weighted by atomic mass is 10.3. The molecule has 10 nitrogen and oxygen atoms in total. The highest BCUT2D eigenvalue weighted by atomic mass is 16.6. The smallest absolute Gasteiger partial charge is 0.407 e. The average Bonchev–Trinajstić information content (AvgIpc) is 2.77. The van der Waals surface area contributed by atoms with E-state index in [1.165, 1.54) is 4.90 Å². The van der Waals surface area contributed by atoms with Gasteiger partial charge in [-0.05, 0) is 12.1 Å². The molecule has 4 rings (SSSR count). The third-order valence-electron chi connectivity index (χ3n) is 4.60. The van der Waals surface area contributed by atoms with Crippen LogP contribution in [0.2, 0.25) is 0 Å². The second-order valence-electron chi connectivity index (χ2n) is 6.44. The Morgan fingerprint density at radius 1 is 1.00 bits per heavy atom. The van der Waals surface area contributed by atoms with Crippen LogP contribution in [-0.4, -0.2) is 78.7 Å². The number of piperazine rings is 1. The molecule has 0 radical (unpaired) electrons. The van der Waals surface area contributed by atoms with Gasteiger partial charge in [0, 0.05) is 44.6 Å². The molecule has 154 valence electrons. The van der Waals surface area contributed by atoms with Crippen molar-refractivity contribution in [1.29, 1.82) is 0 Å². The van der Waals surface area contributed by atoms with Crippen LogP contribution >= 0.6 is 0 Å². The maximum absolute atomic E-state index is 11.1. The number of carbonyl (C=O) groups is 1. The Bertz CT molecular complexity index is 856. The summed E-state index contributed by atoms with van der Waals surface area (Å²) in [5.74, 6) is 3.07. The van der Waals surface area contributed by atoms with E-state index in [4.69, 9.17) is 24.1 Å². The van der Waals surface area contributed by atoms with Gasteiger partial charge in [-0.1, -0.05) is 0 Å². The van der Waals surface area contributed by atoms with Crippen LogP contribution in [0.4, 0.5) is 10.6 Å². The summed E-state index contributed by atoms with van der Waals surface area (Å²) in [7, 11) is 0. The van der Waals surface area contributed by atoms with E-state index in [9.17, 15) is 4.79 Å². The Morgan fingerprint density at radius 2 is 1.72 bits per heavy atom. The minimum atomic E-state index is -0.906. The Balaban J connectivity index is 1.30. The number of carboxylic acid groups (broad SMARTS) is 1. The van der Waals surface area contributed by atoms with Crippen LogP contribution in [0, 0.1) is 0 Å². The van der Waals surface area contributed by atoms with Gasteiger partial charge in [-0.2, -0.15) is 0 Å². The van der Waals surface area contributed by atoms with Gasteiger partial charge in [0.2, 0.25) is 0 Å². The van der Waals surface area contributed by atoms with Gasteiger partial charge in [0.25, 0.3) is 5.88 Å². The molecule has 0 unspecified atom stereocenters. The van der Waals surface area contributed by atoms with Gasteiger partial charge in [0.1, 0.15) is 32.2 Å². The van der Waals surface area contributed by atoms with E-state index in [-0.39, 0.29) is 6.61 Å². The van der Waals surface area contributed by atoms with Crippen LogP contribution in [0.3, 0.4) is 0 Å². The van der Waals surface area contributed by atoms with E-state index >= 15 is 0 Å². The Labute approximate surface area is 167 Å². The van der Waals surface area contributed by atoms with E-state index in [2.05, 4.69) is 9.97 Å². The molecule has 1 saturated heterocycles. The van der Waals surface area contributed by atoms with E-state index in [0.29, 0.717) is 74.9 Å². The zero-order chi connectivity index (χ0) is 20.1. The second-order valence-corrected chi connectivity index (χ2v) is 6.44. The predicted molar refractivity (Wildman–Crippen MR) is 102 cm³/mol. The molecule has 29 heavy (non-hydrogen) atoms. The molecule has 0 aliphatic carbocycles. The molecule has 0 saturated carbocycles. The summed E-state index contributed by atoms with van der Waals surface area (Å²) in [5.41, 5.74) is 0. The summed E-state index contributed by atoms with van der Waals surface area (Å²) < 4.78 is 22.5. The van der Waals surface area contributed by atoms with Crippen molar-refractivity contribution in [3.05, 3.63) is 30.6 Å².